The van der Waals surface area contributed by atoms with Crippen LogP contribution in [0.25, 0.3) is 0 Å². The number of sulfonamides is 1. The standard InChI is InChI=1S/C9H11NO7S2/c1-18(14,15)5-19(16,17)10-7-3-2-6(9(12)13)4-8(7)11/h2-4,10-11H,5H2,1H3,(H,12,13). The molecular weight excluding hydrogens is 298 g/mol. The van der Waals surface area contributed by atoms with E-state index in [0.29, 0.717) is 0 Å². The normalized spacial score (nSPS) is 12.1. The molecule has 0 heterocycles. The number of sulfone groups is 1. The van der Waals surface area contributed by atoms with Gasteiger partial charge in [0.15, 0.2) is 14.9 Å². The van der Waals surface area contributed by atoms with Crippen molar-refractivity contribution < 1.29 is 31.8 Å². The number of rotatable bonds is 5. The lowest BCUT2D eigenvalue weighted by Crippen LogP contribution is -2.22. The number of phenols is 1. The second-order valence-corrected chi connectivity index (χ2v) is 8.03. The highest BCUT2D eigenvalue weighted by atomic mass is 32.3. The molecule has 8 nitrogen and oxygen atoms in total. The van der Waals surface area contributed by atoms with Crippen LogP contribution in [-0.2, 0) is 19.9 Å². The molecule has 0 aromatic heterocycles. The predicted octanol–water partition coefficient (Wildman–Crippen LogP) is -0.166. The second-order valence-electron chi connectivity index (χ2n) is 3.80. The minimum atomic E-state index is -4.19. The summed E-state index contributed by atoms with van der Waals surface area (Å²) in [6.45, 7) is 0. The fraction of sp³-hybridized carbons (Fsp3) is 0.222. The quantitative estimate of drug-likeness (QED) is 0.642. The first-order valence-electron chi connectivity index (χ1n) is 4.75. The summed E-state index contributed by atoms with van der Waals surface area (Å²) in [6.07, 6.45) is 0.750. The number of hydrogen-bond acceptors (Lipinski definition) is 6. The van der Waals surface area contributed by atoms with Gasteiger partial charge in [-0.1, -0.05) is 0 Å². The predicted molar refractivity (Wildman–Crippen MR) is 67.3 cm³/mol. The number of hydrogen-bond donors (Lipinski definition) is 3. The molecule has 1 aromatic rings. The number of nitrogens with one attached hydrogen (secondary N) is 1. The highest BCUT2D eigenvalue weighted by molar-refractivity contribution is 8.08. The third kappa shape index (κ3) is 4.75. The molecule has 0 aliphatic rings. The van der Waals surface area contributed by atoms with Gasteiger partial charge in [0, 0.05) is 6.26 Å². The van der Waals surface area contributed by atoms with E-state index in [4.69, 9.17) is 5.11 Å². The van der Waals surface area contributed by atoms with Gasteiger partial charge in [-0.05, 0) is 18.2 Å². The van der Waals surface area contributed by atoms with Crippen molar-refractivity contribution in [1.29, 1.82) is 0 Å². The monoisotopic (exact) mass is 309 g/mol. The summed E-state index contributed by atoms with van der Waals surface area (Å²) in [4.78, 5) is 10.6. The van der Waals surface area contributed by atoms with Crippen LogP contribution in [0.1, 0.15) is 10.4 Å². The molecule has 1 aromatic carbocycles. The molecule has 0 saturated heterocycles. The Morgan fingerprint density at radius 3 is 2.26 bits per heavy atom. The van der Waals surface area contributed by atoms with E-state index in [1.807, 2.05) is 4.72 Å². The van der Waals surface area contributed by atoms with Crippen LogP contribution in [0.2, 0.25) is 0 Å². The highest BCUT2D eigenvalue weighted by Gasteiger charge is 2.19. The average molecular weight is 309 g/mol. The number of carboxylic acid groups (broad SMARTS) is 1. The molecule has 19 heavy (non-hydrogen) atoms. The Morgan fingerprint density at radius 1 is 1.26 bits per heavy atom. The highest BCUT2D eigenvalue weighted by Crippen LogP contribution is 2.25. The van der Waals surface area contributed by atoms with Crippen LogP contribution in [-0.4, -0.2) is 44.4 Å². The number of carbonyl (C=O) groups is 1. The summed E-state index contributed by atoms with van der Waals surface area (Å²) in [6, 6.07) is 2.94. The minimum Gasteiger partial charge on any atom is -0.506 e. The van der Waals surface area contributed by atoms with Gasteiger partial charge in [-0.15, -0.1) is 0 Å². The molecule has 106 valence electrons. The molecule has 10 heteroatoms. The van der Waals surface area contributed by atoms with E-state index >= 15 is 0 Å². The van der Waals surface area contributed by atoms with Gasteiger partial charge in [0.05, 0.1) is 11.3 Å². The summed E-state index contributed by atoms with van der Waals surface area (Å²) in [5.41, 5.74) is -0.530. The molecule has 0 saturated carbocycles. The first kappa shape index (κ1) is 15.2. The van der Waals surface area contributed by atoms with Crippen molar-refractivity contribution in [2.75, 3.05) is 16.1 Å². The van der Waals surface area contributed by atoms with Crippen LogP contribution in [0.3, 0.4) is 0 Å². The van der Waals surface area contributed by atoms with Gasteiger partial charge in [-0.2, -0.15) is 0 Å². The Labute approximate surface area is 109 Å². The zero-order chi connectivity index (χ0) is 14.8. The number of benzene rings is 1. The maximum Gasteiger partial charge on any atom is 0.335 e. The van der Waals surface area contributed by atoms with E-state index in [1.165, 1.54) is 0 Å². The Hall–Kier alpha value is -1.81. The molecule has 0 atom stereocenters. The minimum absolute atomic E-state index is 0.233. The number of carboxylic acids is 1. The molecule has 0 bridgehead atoms. The maximum absolute atomic E-state index is 11.5. The van der Waals surface area contributed by atoms with Gasteiger partial charge in [0.1, 0.15) is 5.75 Å². The summed E-state index contributed by atoms with van der Waals surface area (Å²) < 4.78 is 46.6. The second kappa shape index (κ2) is 5.05. The van der Waals surface area contributed by atoms with Crippen LogP contribution < -0.4 is 4.72 Å². The van der Waals surface area contributed by atoms with Crippen LogP contribution in [0.4, 0.5) is 5.69 Å². The molecule has 0 spiro atoms. The van der Waals surface area contributed by atoms with Gasteiger partial charge in [0.2, 0.25) is 10.0 Å². The number of aromatic carboxylic acids is 1. The average Bonchev–Trinajstić information content (AvgIpc) is 2.16. The smallest absolute Gasteiger partial charge is 0.335 e. The zero-order valence-electron chi connectivity index (χ0n) is 9.69. The third-order valence-electron chi connectivity index (χ3n) is 1.88. The van der Waals surface area contributed by atoms with Gasteiger partial charge >= 0.3 is 5.97 Å². The van der Waals surface area contributed by atoms with Gasteiger partial charge < -0.3 is 10.2 Å². The summed E-state index contributed by atoms with van der Waals surface area (Å²) in [5, 5.41) is 17.0. The number of anilines is 1. The Morgan fingerprint density at radius 2 is 1.84 bits per heavy atom. The Bertz CT molecular complexity index is 706. The number of phenolic OH excluding ortho intramolecular Hbond substituents is 1. The van der Waals surface area contributed by atoms with E-state index in [9.17, 15) is 26.7 Å². The van der Waals surface area contributed by atoms with Crippen molar-refractivity contribution in [3.63, 3.8) is 0 Å². The molecular formula is C9H11NO7S2. The van der Waals surface area contributed by atoms with Gasteiger partial charge in [0.25, 0.3) is 0 Å². The maximum atomic E-state index is 11.5. The topological polar surface area (TPSA) is 138 Å². The van der Waals surface area contributed by atoms with Crippen molar-refractivity contribution >= 4 is 31.5 Å². The van der Waals surface area contributed by atoms with Crippen molar-refractivity contribution in [3.8, 4) is 5.75 Å². The van der Waals surface area contributed by atoms with E-state index < -0.39 is 36.7 Å². The molecule has 0 aliphatic heterocycles. The summed E-state index contributed by atoms with van der Waals surface area (Å²) in [7, 11) is -7.96. The molecule has 3 N–H and O–H groups in total. The lowest BCUT2D eigenvalue weighted by molar-refractivity contribution is 0.0696. The zero-order valence-corrected chi connectivity index (χ0v) is 11.3. The fourth-order valence-electron chi connectivity index (χ4n) is 1.23. The molecule has 0 amide bonds. The van der Waals surface area contributed by atoms with E-state index in [1.54, 1.807) is 0 Å². The van der Waals surface area contributed by atoms with Gasteiger partial charge in [-0.25, -0.2) is 21.6 Å². The van der Waals surface area contributed by atoms with Crippen LogP contribution >= 0.6 is 0 Å². The van der Waals surface area contributed by atoms with Crippen molar-refractivity contribution in [1.82, 2.24) is 0 Å². The molecule has 0 unspecified atom stereocenters. The van der Waals surface area contributed by atoms with Crippen LogP contribution in [0.15, 0.2) is 18.2 Å². The Balaban J connectivity index is 3.04. The lowest BCUT2D eigenvalue weighted by Gasteiger charge is -2.09. The molecule has 1 rings (SSSR count). The van der Waals surface area contributed by atoms with Crippen LogP contribution in [0, 0.1) is 0 Å². The summed E-state index contributed by atoms with van der Waals surface area (Å²) >= 11 is 0. The van der Waals surface area contributed by atoms with Gasteiger partial charge in [-0.3, -0.25) is 4.72 Å². The Kier molecular flexibility index (Phi) is 4.06. The molecule has 0 aliphatic carbocycles. The molecule has 0 fully saturated rings. The van der Waals surface area contributed by atoms with E-state index in [-0.39, 0.29) is 11.3 Å². The third-order valence-corrected chi connectivity index (χ3v) is 5.36. The SMILES string of the molecule is CS(=O)(=O)CS(=O)(=O)Nc1ccc(C(=O)O)cc1O. The first-order valence-corrected chi connectivity index (χ1v) is 8.46. The fourth-order valence-corrected chi connectivity index (χ4v) is 4.23. The number of aromatic hydroxyl groups is 1. The molecule has 0 radical (unpaired) electrons. The van der Waals surface area contributed by atoms with Crippen molar-refractivity contribution in [2.45, 2.75) is 0 Å². The van der Waals surface area contributed by atoms with Crippen molar-refractivity contribution in [2.24, 2.45) is 0 Å². The van der Waals surface area contributed by atoms with E-state index in [2.05, 4.69) is 0 Å². The summed E-state index contributed by atoms with van der Waals surface area (Å²) in [5.74, 6) is -1.90. The van der Waals surface area contributed by atoms with Crippen molar-refractivity contribution in [3.05, 3.63) is 23.8 Å². The van der Waals surface area contributed by atoms with Crippen LogP contribution in [0.5, 0.6) is 5.75 Å². The lowest BCUT2D eigenvalue weighted by atomic mass is 10.2. The largest absolute Gasteiger partial charge is 0.506 e. The first-order chi connectivity index (χ1) is 8.50. The van der Waals surface area contributed by atoms with E-state index in [0.717, 1.165) is 24.5 Å².